The van der Waals surface area contributed by atoms with Gasteiger partial charge in [-0.05, 0) is 43.3 Å². The third-order valence-electron chi connectivity index (χ3n) is 4.47. The predicted octanol–water partition coefficient (Wildman–Crippen LogP) is 5.51. The number of nitrogens with zero attached hydrogens (tertiary/aromatic N) is 3. The smallest absolute Gasteiger partial charge is 0.287 e. The van der Waals surface area contributed by atoms with Crippen LogP contribution in [0.15, 0.2) is 93.9 Å². The highest BCUT2D eigenvalue weighted by Crippen LogP contribution is 2.35. The Morgan fingerprint density at radius 2 is 1.59 bits per heavy atom. The molecule has 3 aromatic carbocycles. The van der Waals surface area contributed by atoms with E-state index in [1.807, 2.05) is 49.4 Å². The van der Waals surface area contributed by atoms with E-state index < -0.39 is 5.56 Å². The SMILES string of the molecule is CCOc1ccccc1N=Nc1c(O)c2ccccc2n(-c2ccccc2)c1=O. The number of azo groups is 1. The molecular formula is C23H19N3O3. The highest BCUT2D eigenvalue weighted by atomic mass is 16.5. The summed E-state index contributed by atoms with van der Waals surface area (Å²) in [7, 11) is 0. The molecule has 0 spiro atoms. The Kier molecular flexibility index (Phi) is 5.07. The molecule has 0 aliphatic carbocycles. The summed E-state index contributed by atoms with van der Waals surface area (Å²) >= 11 is 0. The molecule has 0 aliphatic heterocycles. The van der Waals surface area contributed by atoms with E-state index in [4.69, 9.17) is 4.74 Å². The van der Waals surface area contributed by atoms with Crippen molar-refractivity contribution >= 4 is 22.3 Å². The molecule has 0 radical (unpaired) electrons. The molecule has 4 aromatic rings. The van der Waals surface area contributed by atoms with Crippen LogP contribution in [0.25, 0.3) is 16.6 Å². The highest BCUT2D eigenvalue weighted by molar-refractivity contribution is 5.90. The molecule has 0 atom stereocenters. The second-order valence-corrected chi connectivity index (χ2v) is 6.29. The van der Waals surface area contributed by atoms with Crippen LogP contribution in [0.2, 0.25) is 0 Å². The van der Waals surface area contributed by atoms with Gasteiger partial charge >= 0.3 is 0 Å². The zero-order valence-corrected chi connectivity index (χ0v) is 15.8. The van der Waals surface area contributed by atoms with E-state index in [-0.39, 0.29) is 11.4 Å². The second kappa shape index (κ2) is 7.98. The normalized spacial score (nSPS) is 11.2. The number of fused-ring (bicyclic) bond motifs is 1. The zero-order chi connectivity index (χ0) is 20.2. The number of ether oxygens (including phenoxy) is 1. The number of para-hydroxylation sites is 3. The maximum absolute atomic E-state index is 13.3. The van der Waals surface area contributed by atoms with Gasteiger partial charge in [0, 0.05) is 11.1 Å². The first-order chi connectivity index (χ1) is 14.2. The fourth-order valence-corrected chi connectivity index (χ4v) is 3.16. The second-order valence-electron chi connectivity index (χ2n) is 6.29. The average Bonchev–Trinajstić information content (AvgIpc) is 2.76. The third kappa shape index (κ3) is 3.48. The Balaban J connectivity index is 1.93. The molecule has 0 saturated heterocycles. The fraction of sp³-hybridized carbons (Fsp3) is 0.0870. The van der Waals surface area contributed by atoms with E-state index >= 15 is 0 Å². The van der Waals surface area contributed by atoms with Crippen LogP contribution in [0.1, 0.15) is 6.92 Å². The van der Waals surface area contributed by atoms with E-state index in [1.165, 1.54) is 4.57 Å². The van der Waals surface area contributed by atoms with Crippen LogP contribution in [0.4, 0.5) is 11.4 Å². The van der Waals surface area contributed by atoms with Crippen LogP contribution < -0.4 is 10.3 Å². The lowest BCUT2D eigenvalue weighted by Crippen LogP contribution is -2.18. The van der Waals surface area contributed by atoms with Gasteiger partial charge in [0.15, 0.2) is 11.4 Å². The van der Waals surface area contributed by atoms with Gasteiger partial charge in [-0.2, -0.15) is 0 Å². The lowest BCUT2D eigenvalue weighted by Gasteiger charge is -2.13. The van der Waals surface area contributed by atoms with Crippen LogP contribution in [0.5, 0.6) is 11.5 Å². The monoisotopic (exact) mass is 385 g/mol. The van der Waals surface area contributed by atoms with Crippen LogP contribution in [-0.2, 0) is 0 Å². The highest BCUT2D eigenvalue weighted by Gasteiger charge is 2.17. The summed E-state index contributed by atoms with van der Waals surface area (Å²) in [5.74, 6) is 0.359. The minimum absolute atomic E-state index is 0.126. The minimum Gasteiger partial charge on any atom is -0.505 e. The Morgan fingerprint density at radius 3 is 2.38 bits per heavy atom. The van der Waals surface area contributed by atoms with E-state index in [2.05, 4.69) is 10.2 Å². The summed E-state index contributed by atoms with van der Waals surface area (Å²) in [5, 5.41) is 19.6. The van der Waals surface area contributed by atoms with Crippen molar-refractivity contribution in [3.63, 3.8) is 0 Å². The van der Waals surface area contributed by atoms with Crippen molar-refractivity contribution in [2.75, 3.05) is 6.61 Å². The number of hydrogen-bond acceptors (Lipinski definition) is 5. The van der Waals surface area contributed by atoms with Gasteiger partial charge in [-0.3, -0.25) is 9.36 Å². The number of pyridine rings is 1. The molecule has 6 heteroatoms. The van der Waals surface area contributed by atoms with Crippen molar-refractivity contribution < 1.29 is 9.84 Å². The van der Waals surface area contributed by atoms with Crippen LogP contribution in [0.3, 0.4) is 0 Å². The molecule has 4 rings (SSSR count). The van der Waals surface area contributed by atoms with Gasteiger partial charge in [-0.25, -0.2) is 0 Å². The molecule has 144 valence electrons. The standard InChI is InChI=1S/C23H19N3O3/c1-2-29-20-15-9-7-13-18(20)24-25-21-22(27)17-12-6-8-14-19(17)26(23(21)28)16-10-4-3-5-11-16/h3-15,27H,2H2,1H3. The Bertz CT molecular complexity index is 1250. The summed E-state index contributed by atoms with van der Waals surface area (Å²) in [5.41, 5.74) is 1.17. The summed E-state index contributed by atoms with van der Waals surface area (Å²) in [4.78, 5) is 13.3. The Labute approximate surface area is 167 Å². The quantitative estimate of drug-likeness (QED) is 0.460. The molecule has 0 aliphatic rings. The first-order valence-electron chi connectivity index (χ1n) is 9.26. The van der Waals surface area contributed by atoms with E-state index in [0.717, 1.165) is 0 Å². The number of aromatic hydroxyl groups is 1. The van der Waals surface area contributed by atoms with Gasteiger partial charge in [0.25, 0.3) is 5.56 Å². The molecule has 1 heterocycles. The Morgan fingerprint density at radius 1 is 0.897 bits per heavy atom. The maximum Gasteiger partial charge on any atom is 0.287 e. The topological polar surface area (TPSA) is 76.2 Å². The third-order valence-corrected chi connectivity index (χ3v) is 4.47. The van der Waals surface area contributed by atoms with Gasteiger partial charge in [0.1, 0.15) is 11.4 Å². The minimum atomic E-state index is -0.454. The number of rotatable bonds is 5. The molecule has 0 fully saturated rings. The molecule has 1 aromatic heterocycles. The first kappa shape index (κ1) is 18.4. The summed E-state index contributed by atoms with van der Waals surface area (Å²) in [6, 6.07) is 23.5. The van der Waals surface area contributed by atoms with Crippen molar-refractivity contribution in [2.45, 2.75) is 6.92 Å². The fourth-order valence-electron chi connectivity index (χ4n) is 3.16. The maximum atomic E-state index is 13.3. The first-order valence-corrected chi connectivity index (χ1v) is 9.26. The molecule has 6 nitrogen and oxygen atoms in total. The average molecular weight is 385 g/mol. The summed E-state index contributed by atoms with van der Waals surface area (Å²) < 4.78 is 7.08. The molecule has 0 unspecified atom stereocenters. The van der Waals surface area contributed by atoms with Gasteiger partial charge < -0.3 is 9.84 Å². The predicted molar refractivity (Wildman–Crippen MR) is 113 cm³/mol. The van der Waals surface area contributed by atoms with Crippen LogP contribution in [0, 0.1) is 0 Å². The van der Waals surface area contributed by atoms with Gasteiger partial charge in [0.2, 0.25) is 0 Å². The van der Waals surface area contributed by atoms with Crippen molar-refractivity contribution in [3.8, 4) is 17.2 Å². The van der Waals surface area contributed by atoms with E-state index in [0.29, 0.717) is 34.6 Å². The zero-order valence-electron chi connectivity index (χ0n) is 15.8. The largest absolute Gasteiger partial charge is 0.505 e. The number of hydrogen-bond donors (Lipinski definition) is 1. The van der Waals surface area contributed by atoms with Crippen molar-refractivity contribution in [3.05, 3.63) is 89.2 Å². The number of benzene rings is 3. The van der Waals surface area contributed by atoms with Crippen LogP contribution >= 0.6 is 0 Å². The van der Waals surface area contributed by atoms with Crippen molar-refractivity contribution in [2.24, 2.45) is 10.2 Å². The van der Waals surface area contributed by atoms with E-state index in [9.17, 15) is 9.90 Å². The summed E-state index contributed by atoms with van der Waals surface area (Å²) in [6.45, 7) is 2.36. The molecule has 29 heavy (non-hydrogen) atoms. The number of aromatic nitrogens is 1. The molecular weight excluding hydrogens is 366 g/mol. The molecule has 0 amide bonds. The van der Waals surface area contributed by atoms with E-state index in [1.54, 1.807) is 36.4 Å². The van der Waals surface area contributed by atoms with Gasteiger partial charge in [-0.15, -0.1) is 10.2 Å². The lowest BCUT2D eigenvalue weighted by molar-refractivity contribution is 0.341. The molecule has 0 saturated carbocycles. The van der Waals surface area contributed by atoms with Crippen molar-refractivity contribution in [1.82, 2.24) is 4.57 Å². The molecule has 1 N–H and O–H groups in total. The van der Waals surface area contributed by atoms with Crippen LogP contribution in [-0.4, -0.2) is 16.3 Å². The summed E-state index contributed by atoms with van der Waals surface area (Å²) in [6.07, 6.45) is 0. The van der Waals surface area contributed by atoms with Gasteiger partial charge in [-0.1, -0.05) is 42.5 Å². The molecule has 0 bridgehead atoms. The van der Waals surface area contributed by atoms with Gasteiger partial charge in [0.05, 0.1) is 12.1 Å². The van der Waals surface area contributed by atoms with Crippen molar-refractivity contribution in [1.29, 1.82) is 0 Å². The Hall–Kier alpha value is -3.93. The lowest BCUT2D eigenvalue weighted by atomic mass is 10.1.